The van der Waals surface area contributed by atoms with E-state index in [1.807, 2.05) is 24.4 Å². The number of rotatable bonds is 4. The van der Waals surface area contributed by atoms with Crippen molar-refractivity contribution in [2.24, 2.45) is 0 Å². The normalized spacial score (nSPS) is 17.0. The van der Waals surface area contributed by atoms with Gasteiger partial charge in [0, 0.05) is 34.9 Å². The Morgan fingerprint density at radius 2 is 2.07 bits per heavy atom. The monoisotopic (exact) mass is 422 g/mol. The van der Waals surface area contributed by atoms with Gasteiger partial charge in [-0.1, -0.05) is 11.6 Å². The number of hydrogen-bond acceptors (Lipinski definition) is 5. The Balaban J connectivity index is 1.51. The first kappa shape index (κ1) is 19.0. The van der Waals surface area contributed by atoms with E-state index in [0.29, 0.717) is 33.6 Å². The van der Waals surface area contributed by atoms with E-state index in [1.165, 1.54) is 12.1 Å². The van der Waals surface area contributed by atoms with Gasteiger partial charge in [0.2, 0.25) is 0 Å². The van der Waals surface area contributed by atoms with E-state index in [2.05, 4.69) is 32.4 Å². The summed E-state index contributed by atoms with van der Waals surface area (Å²) in [7, 11) is 2.12. The number of aromatic amines is 1. The van der Waals surface area contributed by atoms with Crippen molar-refractivity contribution in [2.75, 3.05) is 25.5 Å². The van der Waals surface area contributed by atoms with E-state index >= 15 is 0 Å². The molecule has 152 valence electrons. The molecule has 8 heteroatoms. The molecule has 4 heterocycles. The highest BCUT2D eigenvalue weighted by Gasteiger charge is 2.20. The molecule has 0 bridgehead atoms. The molecule has 1 aliphatic rings. The van der Waals surface area contributed by atoms with Crippen molar-refractivity contribution in [1.29, 1.82) is 0 Å². The van der Waals surface area contributed by atoms with Crippen molar-refractivity contribution in [1.82, 2.24) is 25.1 Å². The van der Waals surface area contributed by atoms with E-state index < -0.39 is 0 Å². The number of hydrogen-bond donors (Lipinski definition) is 2. The molecule has 3 aromatic heterocycles. The number of fused-ring (bicyclic) bond motifs is 1. The fourth-order valence-corrected chi connectivity index (χ4v) is 4.07. The van der Waals surface area contributed by atoms with Gasteiger partial charge >= 0.3 is 0 Å². The van der Waals surface area contributed by atoms with E-state index in [1.54, 1.807) is 12.3 Å². The Morgan fingerprint density at radius 3 is 2.90 bits per heavy atom. The van der Waals surface area contributed by atoms with E-state index in [0.717, 1.165) is 36.2 Å². The largest absolute Gasteiger partial charge is 0.380 e. The highest BCUT2D eigenvalue weighted by Crippen LogP contribution is 2.33. The molecule has 1 fully saturated rings. The summed E-state index contributed by atoms with van der Waals surface area (Å²) in [6.45, 7) is 2.10. The summed E-state index contributed by atoms with van der Waals surface area (Å²) in [6, 6.07) is 10.6. The molecule has 1 saturated heterocycles. The van der Waals surface area contributed by atoms with Crippen LogP contribution in [0.25, 0.3) is 33.5 Å². The van der Waals surface area contributed by atoms with Crippen molar-refractivity contribution in [3.8, 4) is 22.5 Å². The van der Waals surface area contributed by atoms with Gasteiger partial charge in [0.15, 0.2) is 0 Å². The SMILES string of the molecule is CN1CCC(Nc2cnc3ccc(-c4c[nH]nc4-c4cc(Cl)ccc4F)nc3c2)C1. The zero-order chi connectivity index (χ0) is 20.7. The zero-order valence-electron chi connectivity index (χ0n) is 16.4. The highest BCUT2D eigenvalue weighted by molar-refractivity contribution is 6.30. The van der Waals surface area contributed by atoms with Crippen molar-refractivity contribution in [3.05, 3.63) is 59.6 Å². The number of pyridine rings is 2. The van der Waals surface area contributed by atoms with Crippen LogP contribution in [0.5, 0.6) is 0 Å². The minimum Gasteiger partial charge on any atom is -0.380 e. The molecular weight excluding hydrogens is 403 g/mol. The van der Waals surface area contributed by atoms with Crippen molar-refractivity contribution < 1.29 is 4.39 Å². The quantitative estimate of drug-likeness (QED) is 0.503. The minimum absolute atomic E-state index is 0.333. The number of benzene rings is 1. The van der Waals surface area contributed by atoms with Crippen LogP contribution in [-0.4, -0.2) is 51.2 Å². The Kier molecular flexibility index (Phi) is 4.84. The predicted octanol–water partition coefficient (Wildman–Crippen LogP) is 4.60. The first-order valence-electron chi connectivity index (χ1n) is 9.78. The Bertz CT molecular complexity index is 1220. The number of H-pyrrole nitrogens is 1. The zero-order valence-corrected chi connectivity index (χ0v) is 17.1. The summed E-state index contributed by atoms with van der Waals surface area (Å²) < 4.78 is 14.4. The van der Waals surface area contributed by atoms with Crippen LogP contribution in [0.4, 0.5) is 10.1 Å². The van der Waals surface area contributed by atoms with Gasteiger partial charge in [-0.2, -0.15) is 5.10 Å². The maximum Gasteiger partial charge on any atom is 0.132 e. The third kappa shape index (κ3) is 3.62. The Morgan fingerprint density at radius 1 is 1.17 bits per heavy atom. The van der Waals surface area contributed by atoms with Crippen LogP contribution in [0.3, 0.4) is 0 Å². The topological polar surface area (TPSA) is 69.7 Å². The maximum absolute atomic E-state index is 14.4. The molecule has 0 radical (unpaired) electrons. The van der Waals surface area contributed by atoms with Crippen LogP contribution in [0.15, 0.2) is 48.8 Å². The molecule has 0 amide bonds. The molecule has 30 heavy (non-hydrogen) atoms. The first-order valence-corrected chi connectivity index (χ1v) is 10.2. The summed E-state index contributed by atoms with van der Waals surface area (Å²) in [4.78, 5) is 11.6. The predicted molar refractivity (Wildman–Crippen MR) is 117 cm³/mol. The highest BCUT2D eigenvalue weighted by atomic mass is 35.5. The molecule has 0 aliphatic carbocycles. The molecular formula is C22H20ClFN6. The van der Waals surface area contributed by atoms with Crippen LogP contribution < -0.4 is 5.32 Å². The Labute approximate surface area is 178 Å². The third-order valence-electron chi connectivity index (χ3n) is 5.40. The van der Waals surface area contributed by atoms with Gasteiger partial charge in [0.05, 0.1) is 28.6 Å². The van der Waals surface area contributed by atoms with Crippen molar-refractivity contribution in [3.63, 3.8) is 0 Å². The van der Waals surface area contributed by atoms with Crippen LogP contribution in [0, 0.1) is 5.82 Å². The Hall–Kier alpha value is -3.03. The van der Waals surface area contributed by atoms with Gasteiger partial charge in [-0.25, -0.2) is 9.37 Å². The molecule has 6 nitrogen and oxygen atoms in total. The lowest BCUT2D eigenvalue weighted by Crippen LogP contribution is -2.23. The number of likely N-dealkylation sites (tertiary alicyclic amines) is 1. The maximum atomic E-state index is 14.4. The number of anilines is 1. The minimum atomic E-state index is -0.386. The van der Waals surface area contributed by atoms with Crippen molar-refractivity contribution >= 4 is 28.3 Å². The van der Waals surface area contributed by atoms with Crippen LogP contribution in [0.2, 0.25) is 5.02 Å². The standard InChI is InChI=1S/C22H20ClFN6/c1-30-7-6-14(12-30)27-15-9-21-20(25-10-15)5-4-19(28-21)17-11-26-29-22(17)16-8-13(23)2-3-18(16)24/h2-5,8-11,14,27H,6-7,12H2,1H3,(H,26,29). The van der Waals surface area contributed by atoms with Crippen LogP contribution >= 0.6 is 11.6 Å². The smallest absolute Gasteiger partial charge is 0.132 e. The van der Waals surface area contributed by atoms with E-state index in [9.17, 15) is 4.39 Å². The van der Waals surface area contributed by atoms with Gasteiger partial charge in [0.25, 0.3) is 0 Å². The first-order chi connectivity index (χ1) is 14.6. The van der Waals surface area contributed by atoms with Crippen LogP contribution in [-0.2, 0) is 0 Å². The molecule has 0 saturated carbocycles. The lowest BCUT2D eigenvalue weighted by atomic mass is 10.0. The molecule has 4 aromatic rings. The number of nitrogens with one attached hydrogen (secondary N) is 2. The summed E-state index contributed by atoms with van der Waals surface area (Å²) in [5, 5.41) is 11.1. The molecule has 0 spiro atoms. The lowest BCUT2D eigenvalue weighted by molar-refractivity contribution is 0.414. The molecule has 1 unspecified atom stereocenters. The van der Waals surface area contributed by atoms with Gasteiger partial charge in [-0.05, 0) is 56.4 Å². The fraction of sp³-hybridized carbons (Fsp3) is 0.227. The van der Waals surface area contributed by atoms with Crippen LogP contribution in [0.1, 0.15) is 6.42 Å². The number of halogens is 2. The molecule has 1 atom stereocenters. The number of likely N-dealkylation sites (N-methyl/N-ethyl adjacent to an activating group) is 1. The second-order valence-corrected chi connectivity index (χ2v) is 8.06. The molecule has 1 aliphatic heterocycles. The fourth-order valence-electron chi connectivity index (χ4n) is 3.89. The number of aromatic nitrogens is 4. The molecule has 1 aromatic carbocycles. The van der Waals surface area contributed by atoms with Gasteiger partial charge < -0.3 is 10.2 Å². The summed E-state index contributed by atoms with van der Waals surface area (Å²) in [5.41, 5.74) is 4.70. The van der Waals surface area contributed by atoms with Crippen molar-refractivity contribution in [2.45, 2.75) is 12.5 Å². The summed E-state index contributed by atoms with van der Waals surface area (Å²) in [6.07, 6.45) is 4.66. The molecule has 2 N–H and O–H groups in total. The van der Waals surface area contributed by atoms with E-state index in [4.69, 9.17) is 16.6 Å². The third-order valence-corrected chi connectivity index (χ3v) is 5.63. The molecule has 5 rings (SSSR count). The lowest BCUT2D eigenvalue weighted by Gasteiger charge is -2.14. The van der Waals surface area contributed by atoms with Gasteiger partial charge in [-0.3, -0.25) is 10.1 Å². The second kappa shape index (κ2) is 7.66. The number of nitrogens with zero attached hydrogens (tertiary/aromatic N) is 4. The van der Waals surface area contributed by atoms with Gasteiger partial charge in [0.1, 0.15) is 11.5 Å². The summed E-state index contributed by atoms with van der Waals surface area (Å²) >= 11 is 6.07. The summed E-state index contributed by atoms with van der Waals surface area (Å²) in [5.74, 6) is -0.386. The van der Waals surface area contributed by atoms with E-state index in [-0.39, 0.29) is 5.82 Å². The second-order valence-electron chi connectivity index (χ2n) is 7.62. The van der Waals surface area contributed by atoms with Gasteiger partial charge in [-0.15, -0.1) is 0 Å². The average Bonchev–Trinajstić information content (AvgIpc) is 3.38. The average molecular weight is 423 g/mol.